The van der Waals surface area contributed by atoms with Gasteiger partial charge in [-0.2, -0.15) is 5.10 Å². The van der Waals surface area contributed by atoms with Crippen LogP contribution in [0.3, 0.4) is 0 Å². The highest BCUT2D eigenvalue weighted by Gasteiger charge is 2.52. The Hall–Kier alpha value is -1.59. The van der Waals surface area contributed by atoms with Crippen molar-refractivity contribution < 1.29 is 9.90 Å². The van der Waals surface area contributed by atoms with E-state index in [2.05, 4.69) is 18.9 Å². The van der Waals surface area contributed by atoms with Crippen LogP contribution in [0.4, 0.5) is 0 Å². The van der Waals surface area contributed by atoms with Gasteiger partial charge in [-0.15, -0.1) is 0 Å². The van der Waals surface area contributed by atoms with Crippen LogP contribution in [0.15, 0.2) is 18.3 Å². The summed E-state index contributed by atoms with van der Waals surface area (Å²) in [6.45, 7) is 5.71. The first-order chi connectivity index (χ1) is 12.3. The molecule has 5 rings (SSSR count). The zero-order chi connectivity index (χ0) is 18.3. The molecule has 2 aliphatic heterocycles. The lowest BCUT2D eigenvalue weighted by atomic mass is 9.75. The molecule has 2 aromatic rings. The van der Waals surface area contributed by atoms with Gasteiger partial charge < -0.3 is 10.0 Å². The second kappa shape index (κ2) is 5.23. The monoisotopic (exact) mass is 373 g/mol. The number of carbonyl (C=O) groups excluding carboxylic acids is 1. The van der Waals surface area contributed by atoms with E-state index in [-0.39, 0.29) is 11.3 Å². The number of amides is 1. The van der Waals surface area contributed by atoms with Crippen molar-refractivity contribution in [2.45, 2.75) is 51.2 Å². The Morgan fingerprint density at radius 2 is 1.96 bits per heavy atom. The standard InChI is InChI=1S/C20H24ClN3O2/c1-19(5-6-19)18(26)23-7-3-13(4-8-23)20(2)17(25)15-10-14(21)9-12-11-22-24(20)16(12)15/h9-11,13,17,25H,3-8H2,1-2H3. The number of nitrogens with zero attached hydrogens (tertiary/aromatic N) is 3. The molecule has 1 saturated heterocycles. The second-order valence-electron chi connectivity index (χ2n) is 8.74. The summed E-state index contributed by atoms with van der Waals surface area (Å²) in [7, 11) is 0. The zero-order valence-electron chi connectivity index (χ0n) is 15.2. The van der Waals surface area contributed by atoms with Crippen LogP contribution in [0.1, 0.15) is 51.2 Å². The van der Waals surface area contributed by atoms with Gasteiger partial charge in [-0.1, -0.05) is 18.5 Å². The molecule has 138 valence electrons. The molecule has 1 aliphatic carbocycles. The minimum atomic E-state index is -0.624. The van der Waals surface area contributed by atoms with Crippen LogP contribution >= 0.6 is 11.6 Å². The first-order valence-corrected chi connectivity index (χ1v) is 9.87. The van der Waals surface area contributed by atoms with Crippen molar-refractivity contribution >= 4 is 28.4 Å². The number of hydrogen-bond acceptors (Lipinski definition) is 3. The third kappa shape index (κ3) is 2.07. The average Bonchev–Trinajstić information content (AvgIpc) is 3.18. The maximum Gasteiger partial charge on any atom is 0.228 e. The first kappa shape index (κ1) is 16.6. The fourth-order valence-corrected chi connectivity index (χ4v) is 5.25. The quantitative estimate of drug-likeness (QED) is 0.876. The Labute approximate surface area is 157 Å². The molecule has 1 aromatic heterocycles. The molecule has 0 spiro atoms. The van der Waals surface area contributed by atoms with E-state index in [1.807, 2.05) is 27.9 Å². The maximum absolute atomic E-state index is 12.6. The van der Waals surface area contributed by atoms with Gasteiger partial charge in [-0.05, 0) is 50.7 Å². The number of aliphatic hydroxyl groups excluding tert-OH is 1. The topological polar surface area (TPSA) is 58.4 Å². The average molecular weight is 374 g/mol. The third-order valence-electron chi connectivity index (χ3n) is 7.09. The van der Waals surface area contributed by atoms with Crippen LogP contribution in [0, 0.1) is 11.3 Å². The van der Waals surface area contributed by atoms with E-state index < -0.39 is 11.6 Å². The van der Waals surface area contributed by atoms with E-state index in [4.69, 9.17) is 11.6 Å². The number of piperidine rings is 1. The molecular weight excluding hydrogens is 350 g/mol. The van der Waals surface area contributed by atoms with Crippen LogP contribution in [0.25, 0.3) is 10.9 Å². The Morgan fingerprint density at radius 1 is 1.27 bits per heavy atom. The zero-order valence-corrected chi connectivity index (χ0v) is 16.0. The number of benzene rings is 1. The van der Waals surface area contributed by atoms with Crippen LogP contribution in [-0.2, 0) is 10.3 Å². The summed E-state index contributed by atoms with van der Waals surface area (Å²) < 4.78 is 2.00. The number of likely N-dealkylation sites (tertiary alicyclic amines) is 1. The van der Waals surface area contributed by atoms with Crippen LogP contribution in [-0.4, -0.2) is 38.8 Å². The van der Waals surface area contributed by atoms with Gasteiger partial charge in [-0.3, -0.25) is 9.48 Å². The summed E-state index contributed by atoms with van der Waals surface area (Å²) in [5.74, 6) is 0.576. The Morgan fingerprint density at radius 3 is 2.62 bits per heavy atom. The van der Waals surface area contributed by atoms with Crippen molar-refractivity contribution in [3.63, 3.8) is 0 Å². The van der Waals surface area contributed by atoms with Gasteiger partial charge >= 0.3 is 0 Å². The third-order valence-corrected chi connectivity index (χ3v) is 7.31. The predicted octanol–water partition coefficient (Wildman–Crippen LogP) is 3.49. The minimum Gasteiger partial charge on any atom is -0.386 e. The Bertz CT molecular complexity index is 911. The number of aromatic nitrogens is 2. The highest BCUT2D eigenvalue weighted by molar-refractivity contribution is 6.31. The van der Waals surface area contributed by atoms with Gasteiger partial charge in [0, 0.05) is 34.5 Å². The van der Waals surface area contributed by atoms with Gasteiger partial charge in [0.15, 0.2) is 0 Å². The van der Waals surface area contributed by atoms with Crippen LogP contribution in [0.2, 0.25) is 5.02 Å². The molecule has 2 atom stereocenters. The fraction of sp³-hybridized carbons (Fsp3) is 0.600. The molecule has 0 radical (unpaired) electrons. The molecule has 1 amide bonds. The van der Waals surface area contributed by atoms with Crippen molar-refractivity contribution in [3.05, 3.63) is 28.9 Å². The van der Waals surface area contributed by atoms with E-state index in [9.17, 15) is 9.90 Å². The predicted molar refractivity (Wildman–Crippen MR) is 100.0 cm³/mol. The highest BCUT2D eigenvalue weighted by atomic mass is 35.5. The van der Waals surface area contributed by atoms with Crippen molar-refractivity contribution in [1.29, 1.82) is 0 Å². The lowest BCUT2D eigenvalue weighted by Gasteiger charge is -2.43. The second-order valence-corrected chi connectivity index (χ2v) is 9.18. The van der Waals surface area contributed by atoms with E-state index in [0.717, 1.165) is 55.2 Å². The van der Waals surface area contributed by atoms with Gasteiger partial charge in [0.25, 0.3) is 0 Å². The van der Waals surface area contributed by atoms with Crippen molar-refractivity contribution in [3.8, 4) is 0 Å². The van der Waals surface area contributed by atoms with Crippen LogP contribution in [0.5, 0.6) is 0 Å². The lowest BCUT2D eigenvalue weighted by molar-refractivity contribution is -0.139. The molecule has 0 bridgehead atoms. The Balaban J connectivity index is 1.43. The fourth-order valence-electron chi connectivity index (χ4n) is 5.01. The summed E-state index contributed by atoms with van der Waals surface area (Å²) in [6.07, 6.45) is 5.02. The van der Waals surface area contributed by atoms with E-state index >= 15 is 0 Å². The summed E-state index contributed by atoms with van der Waals surface area (Å²) in [5, 5.41) is 17.4. The smallest absolute Gasteiger partial charge is 0.228 e. The number of hydrogen-bond donors (Lipinski definition) is 1. The molecule has 1 N–H and O–H groups in total. The van der Waals surface area contributed by atoms with Crippen molar-refractivity contribution in [2.24, 2.45) is 11.3 Å². The van der Waals surface area contributed by atoms with Gasteiger partial charge in [0.05, 0.1) is 17.3 Å². The van der Waals surface area contributed by atoms with Gasteiger partial charge in [-0.25, -0.2) is 0 Å². The minimum absolute atomic E-state index is 0.106. The summed E-state index contributed by atoms with van der Waals surface area (Å²) in [6, 6.07) is 3.77. The first-order valence-electron chi connectivity index (χ1n) is 9.50. The van der Waals surface area contributed by atoms with Crippen LogP contribution < -0.4 is 0 Å². The lowest BCUT2D eigenvalue weighted by Crippen LogP contribution is -2.49. The summed E-state index contributed by atoms with van der Waals surface area (Å²) in [5.41, 5.74) is 1.27. The summed E-state index contributed by atoms with van der Waals surface area (Å²) in [4.78, 5) is 14.7. The molecule has 2 unspecified atom stereocenters. The Kier molecular flexibility index (Phi) is 3.33. The largest absolute Gasteiger partial charge is 0.386 e. The SMILES string of the molecule is CC1(C(=O)N2CCC(C3(C)C(O)c4cc(Cl)cc5cnn3c45)CC2)CC1. The maximum atomic E-state index is 12.6. The molecular formula is C20H24ClN3O2. The molecule has 3 heterocycles. The van der Waals surface area contributed by atoms with Gasteiger partial charge in [0.2, 0.25) is 5.91 Å². The summed E-state index contributed by atoms with van der Waals surface area (Å²) >= 11 is 6.24. The molecule has 1 aromatic carbocycles. The van der Waals surface area contributed by atoms with Gasteiger partial charge in [0.1, 0.15) is 6.10 Å². The number of halogens is 1. The normalized spacial score (nSPS) is 30.2. The van der Waals surface area contributed by atoms with Crippen molar-refractivity contribution in [2.75, 3.05) is 13.1 Å². The number of rotatable bonds is 2. The molecule has 3 aliphatic rings. The molecule has 1 saturated carbocycles. The number of carbonyl (C=O) groups is 1. The highest BCUT2D eigenvalue weighted by Crippen LogP contribution is 2.52. The van der Waals surface area contributed by atoms with E-state index in [1.54, 1.807) is 0 Å². The van der Waals surface area contributed by atoms with Crippen molar-refractivity contribution in [1.82, 2.24) is 14.7 Å². The van der Waals surface area contributed by atoms with E-state index in [1.165, 1.54) is 0 Å². The molecule has 2 fully saturated rings. The molecule has 5 nitrogen and oxygen atoms in total. The van der Waals surface area contributed by atoms with E-state index in [0.29, 0.717) is 10.9 Å². The number of aliphatic hydroxyl groups is 1. The molecule has 26 heavy (non-hydrogen) atoms. The molecule has 6 heteroatoms.